The maximum Gasteiger partial charge on any atom is 0.338 e. The molecule has 10 heteroatoms. The normalized spacial score (nSPS) is 14.8. The van der Waals surface area contributed by atoms with Gasteiger partial charge in [0.05, 0.1) is 49.3 Å². The first-order valence-electron chi connectivity index (χ1n) is 13.7. The number of aromatic nitrogens is 1. The highest BCUT2D eigenvalue weighted by Gasteiger charge is 2.34. The van der Waals surface area contributed by atoms with Crippen LogP contribution in [0, 0.1) is 0 Å². The van der Waals surface area contributed by atoms with Crippen LogP contribution < -0.4 is 34.0 Å². The van der Waals surface area contributed by atoms with Crippen LogP contribution >= 0.6 is 11.3 Å². The summed E-state index contributed by atoms with van der Waals surface area (Å²) in [6, 6.07) is 10.6. The van der Waals surface area contributed by atoms with Crippen molar-refractivity contribution in [2.45, 2.75) is 40.7 Å². The zero-order chi connectivity index (χ0) is 29.7. The predicted molar refractivity (Wildman–Crippen MR) is 161 cm³/mol. The van der Waals surface area contributed by atoms with E-state index in [9.17, 15) is 9.59 Å². The summed E-state index contributed by atoms with van der Waals surface area (Å²) in [4.78, 5) is 34.7. The number of nitrogens with zero attached hydrogens (tertiary/aromatic N) is 3. The summed E-state index contributed by atoms with van der Waals surface area (Å²) in [5, 5.41) is 0. The lowest BCUT2D eigenvalue weighted by molar-refractivity contribution is -0.139. The fourth-order valence-corrected chi connectivity index (χ4v) is 6.02. The van der Waals surface area contributed by atoms with Gasteiger partial charge < -0.3 is 23.8 Å². The number of esters is 1. The maximum atomic E-state index is 14.0. The number of carbonyl (C=O) groups is 1. The Hall–Kier alpha value is -4.05. The standard InChI is InChI=1S/C31H37N3O6S/c1-8-33(9-2)22-14-12-20(24(18-22)38-7)17-26-29(35)34-28(21-13-15-23(37-6)25(16-21)39-10-3)27(30(36)40-11-4)19(5)32-31(34)41-26/h12-18,28H,8-11H2,1-7H3. The molecule has 1 aliphatic heterocycles. The van der Waals surface area contributed by atoms with Crippen molar-refractivity contribution in [2.75, 3.05) is 45.4 Å². The van der Waals surface area contributed by atoms with Crippen LogP contribution in [0.2, 0.25) is 0 Å². The second-order valence-corrected chi connectivity index (χ2v) is 10.3. The van der Waals surface area contributed by atoms with Gasteiger partial charge in [0.15, 0.2) is 16.3 Å². The highest BCUT2D eigenvalue weighted by molar-refractivity contribution is 7.07. The van der Waals surface area contributed by atoms with Crippen molar-refractivity contribution >= 4 is 29.1 Å². The summed E-state index contributed by atoms with van der Waals surface area (Å²) in [6.45, 7) is 12.0. The lowest BCUT2D eigenvalue weighted by Crippen LogP contribution is -2.40. The van der Waals surface area contributed by atoms with E-state index in [1.165, 1.54) is 11.3 Å². The molecule has 1 atom stereocenters. The molecule has 0 bridgehead atoms. The summed E-state index contributed by atoms with van der Waals surface area (Å²) >= 11 is 1.27. The van der Waals surface area contributed by atoms with Gasteiger partial charge in [0.25, 0.3) is 5.56 Å². The number of carbonyl (C=O) groups excluding carboxylic acids is 1. The molecular formula is C31H37N3O6S. The Labute approximate surface area is 244 Å². The highest BCUT2D eigenvalue weighted by Crippen LogP contribution is 2.36. The Bertz CT molecular complexity index is 1630. The number of anilines is 1. The number of methoxy groups -OCH3 is 2. The third kappa shape index (κ3) is 5.88. The fraction of sp³-hybridized carbons (Fsp3) is 0.387. The van der Waals surface area contributed by atoms with Crippen molar-refractivity contribution in [2.24, 2.45) is 4.99 Å². The summed E-state index contributed by atoms with van der Waals surface area (Å²) < 4.78 is 24.4. The van der Waals surface area contributed by atoms with Crippen molar-refractivity contribution in [3.63, 3.8) is 0 Å². The molecule has 3 aromatic rings. The van der Waals surface area contributed by atoms with E-state index >= 15 is 0 Å². The van der Waals surface area contributed by atoms with Gasteiger partial charge in [0.2, 0.25) is 0 Å². The van der Waals surface area contributed by atoms with Crippen LogP contribution in [0.1, 0.15) is 51.8 Å². The van der Waals surface area contributed by atoms with E-state index in [2.05, 4.69) is 23.7 Å². The molecule has 218 valence electrons. The number of benzene rings is 2. The molecule has 0 spiro atoms. The minimum Gasteiger partial charge on any atom is -0.496 e. The van der Waals surface area contributed by atoms with Gasteiger partial charge in [-0.3, -0.25) is 9.36 Å². The van der Waals surface area contributed by atoms with Crippen LogP contribution in [0.5, 0.6) is 17.2 Å². The van der Waals surface area contributed by atoms with Gasteiger partial charge in [-0.05, 0) is 70.5 Å². The average molecular weight is 580 g/mol. The zero-order valence-electron chi connectivity index (χ0n) is 24.6. The Morgan fingerprint density at radius 1 is 1.00 bits per heavy atom. The average Bonchev–Trinajstić information content (AvgIpc) is 3.27. The Morgan fingerprint density at radius 2 is 1.73 bits per heavy atom. The van der Waals surface area contributed by atoms with Gasteiger partial charge in [-0.2, -0.15) is 0 Å². The van der Waals surface area contributed by atoms with Crippen molar-refractivity contribution in [1.82, 2.24) is 4.57 Å². The van der Waals surface area contributed by atoms with Crippen molar-refractivity contribution < 1.29 is 23.7 Å². The molecule has 0 amide bonds. The van der Waals surface area contributed by atoms with E-state index in [1.807, 2.05) is 37.3 Å². The molecule has 0 saturated carbocycles. The molecule has 4 rings (SSSR count). The number of ether oxygens (including phenoxy) is 4. The maximum absolute atomic E-state index is 14.0. The van der Waals surface area contributed by atoms with E-state index in [0.29, 0.717) is 50.0 Å². The monoisotopic (exact) mass is 579 g/mol. The topological polar surface area (TPSA) is 91.6 Å². The molecule has 0 fully saturated rings. The van der Waals surface area contributed by atoms with Gasteiger partial charge in [0.1, 0.15) is 5.75 Å². The summed E-state index contributed by atoms with van der Waals surface area (Å²) in [7, 11) is 3.19. The smallest absolute Gasteiger partial charge is 0.338 e. The molecule has 2 heterocycles. The number of hydrogen-bond acceptors (Lipinski definition) is 9. The quantitative estimate of drug-likeness (QED) is 0.317. The molecule has 1 unspecified atom stereocenters. The number of hydrogen-bond donors (Lipinski definition) is 0. The molecule has 0 N–H and O–H groups in total. The SMILES string of the molecule is CCOC(=O)C1=C(C)N=c2sc(=Cc3ccc(N(CC)CC)cc3OC)c(=O)n2C1c1ccc(OC)c(OCC)c1. The molecule has 9 nitrogen and oxygen atoms in total. The lowest BCUT2D eigenvalue weighted by Gasteiger charge is -2.25. The second kappa shape index (κ2) is 13.1. The number of allylic oxidation sites excluding steroid dienone is 1. The third-order valence-electron chi connectivity index (χ3n) is 6.95. The Kier molecular flexibility index (Phi) is 9.54. The zero-order valence-corrected chi connectivity index (χ0v) is 25.5. The van der Waals surface area contributed by atoms with Gasteiger partial charge in [-0.1, -0.05) is 17.4 Å². The Morgan fingerprint density at radius 3 is 2.37 bits per heavy atom. The number of rotatable bonds is 11. The van der Waals surface area contributed by atoms with E-state index in [1.54, 1.807) is 44.8 Å². The van der Waals surface area contributed by atoms with Gasteiger partial charge in [-0.15, -0.1) is 0 Å². The lowest BCUT2D eigenvalue weighted by atomic mass is 9.95. The van der Waals surface area contributed by atoms with E-state index in [4.69, 9.17) is 18.9 Å². The van der Waals surface area contributed by atoms with Crippen LogP contribution in [0.4, 0.5) is 5.69 Å². The molecule has 0 radical (unpaired) electrons. The van der Waals surface area contributed by atoms with Crippen LogP contribution in [0.3, 0.4) is 0 Å². The van der Waals surface area contributed by atoms with E-state index in [-0.39, 0.29) is 12.2 Å². The first kappa shape index (κ1) is 29.9. The largest absolute Gasteiger partial charge is 0.496 e. The van der Waals surface area contributed by atoms with Crippen LogP contribution in [-0.4, -0.2) is 51.1 Å². The summed E-state index contributed by atoms with van der Waals surface area (Å²) in [6.07, 6.45) is 1.81. The van der Waals surface area contributed by atoms with Crippen molar-refractivity contribution in [1.29, 1.82) is 0 Å². The van der Waals surface area contributed by atoms with Gasteiger partial charge >= 0.3 is 5.97 Å². The molecule has 41 heavy (non-hydrogen) atoms. The minimum atomic E-state index is -0.760. The van der Waals surface area contributed by atoms with Crippen LogP contribution in [-0.2, 0) is 9.53 Å². The molecular weight excluding hydrogens is 542 g/mol. The Balaban J connectivity index is 1.93. The second-order valence-electron chi connectivity index (χ2n) is 9.24. The predicted octanol–water partition coefficient (Wildman–Crippen LogP) is 4.06. The van der Waals surface area contributed by atoms with Crippen LogP contribution in [0.25, 0.3) is 6.08 Å². The number of thiazole rings is 1. The molecule has 0 aliphatic carbocycles. The first-order chi connectivity index (χ1) is 19.8. The number of fused-ring (bicyclic) bond motifs is 1. The summed E-state index contributed by atoms with van der Waals surface area (Å²) in [5.74, 6) is 1.22. The van der Waals surface area contributed by atoms with E-state index < -0.39 is 12.0 Å². The fourth-order valence-electron chi connectivity index (χ4n) is 4.98. The van der Waals surface area contributed by atoms with Crippen molar-refractivity contribution in [3.05, 3.63) is 78.5 Å². The molecule has 1 aliphatic rings. The summed E-state index contributed by atoms with van der Waals surface area (Å²) in [5.41, 5.74) is 3.03. The first-order valence-corrected chi connectivity index (χ1v) is 14.6. The minimum absolute atomic E-state index is 0.197. The third-order valence-corrected chi connectivity index (χ3v) is 7.94. The van der Waals surface area contributed by atoms with Crippen molar-refractivity contribution in [3.8, 4) is 17.2 Å². The molecule has 1 aromatic heterocycles. The van der Waals surface area contributed by atoms with Gasteiger partial charge in [-0.25, -0.2) is 9.79 Å². The van der Waals surface area contributed by atoms with E-state index in [0.717, 1.165) is 24.3 Å². The van der Waals surface area contributed by atoms with Gasteiger partial charge in [0, 0.05) is 30.4 Å². The van der Waals surface area contributed by atoms with Crippen LogP contribution in [0.15, 0.2) is 57.5 Å². The highest BCUT2D eigenvalue weighted by atomic mass is 32.1. The molecule has 0 saturated heterocycles. The molecule has 2 aromatic carbocycles.